The Bertz CT molecular complexity index is 463. The first kappa shape index (κ1) is 9.92. The summed E-state index contributed by atoms with van der Waals surface area (Å²) in [6.07, 6.45) is 1.13. The lowest BCUT2D eigenvalue weighted by Crippen LogP contribution is -2.17. The Labute approximate surface area is 87.8 Å². The van der Waals surface area contributed by atoms with E-state index in [1.165, 1.54) is 6.33 Å². The van der Waals surface area contributed by atoms with Crippen LogP contribution in [-0.2, 0) is 0 Å². The molecule has 2 N–H and O–H groups in total. The normalized spacial score (nSPS) is 13.0. The Balaban J connectivity index is 2.35. The average Bonchev–Trinajstić information content (AvgIpc) is 2.61. The van der Waals surface area contributed by atoms with Crippen molar-refractivity contribution in [1.82, 2.24) is 14.6 Å². The highest BCUT2D eigenvalue weighted by Gasteiger charge is 2.04. The number of aryl methyl sites for hydroxylation is 1. The zero-order valence-electron chi connectivity index (χ0n) is 8.81. The molecule has 0 saturated carbocycles. The van der Waals surface area contributed by atoms with Crippen LogP contribution in [0.4, 0.5) is 5.82 Å². The van der Waals surface area contributed by atoms with E-state index in [0.717, 1.165) is 17.0 Å². The van der Waals surface area contributed by atoms with Crippen molar-refractivity contribution in [2.24, 2.45) is 0 Å². The summed E-state index contributed by atoms with van der Waals surface area (Å²) in [6, 6.07) is 3.94. The standard InChI is InChI=1S/C10H14N4O/c1-7-3-9(11-5-8(2)15)14-10(4-7)12-6-13-14/h3-4,6,8,11,15H,5H2,1-2H3. The van der Waals surface area contributed by atoms with Crippen LogP contribution in [-0.4, -0.2) is 32.4 Å². The average molecular weight is 206 g/mol. The predicted molar refractivity (Wildman–Crippen MR) is 57.9 cm³/mol. The maximum absolute atomic E-state index is 9.20. The first-order valence-electron chi connectivity index (χ1n) is 4.89. The van der Waals surface area contributed by atoms with E-state index in [4.69, 9.17) is 0 Å². The van der Waals surface area contributed by atoms with Crippen LogP contribution in [0.15, 0.2) is 18.5 Å². The first-order valence-corrected chi connectivity index (χ1v) is 4.89. The summed E-state index contributed by atoms with van der Waals surface area (Å²) in [6.45, 7) is 4.24. The third kappa shape index (κ3) is 2.07. The summed E-state index contributed by atoms with van der Waals surface area (Å²) in [5.74, 6) is 0.850. The molecule has 0 amide bonds. The van der Waals surface area contributed by atoms with E-state index in [2.05, 4.69) is 15.4 Å². The van der Waals surface area contributed by atoms with Crippen molar-refractivity contribution < 1.29 is 5.11 Å². The first-order chi connectivity index (χ1) is 7.16. The Morgan fingerprint density at radius 3 is 3.07 bits per heavy atom. The smallest absolute Gasteiger partial charge is 0.157 e. The molecule has 0 fully saturated rings. The largest absolute Gasteiger partial charge is 0.392 e. The fourth-order valence-electron chi connectivity index (χ4n) is 1.43. The minimum atomic E-state index is -0.385. The van der Waals surface area contributed by atoms with Crippen LogP contribution in [0, 0.1) is 6.92 Å². The van der Waals surface area contributed by atoms with Crippen molar-refractivity contribution in [3.63, 3.8) is 0 Å². The molecule has 0 bridgehead atoms. The van der Waals surface area contributed by atoms with Gasteiger partial charge in [0.25, 0.3) is 0 Å². The molecule has 0 aliphatic rings. The van der Waals surface area contributed by atoms with Gasteiger partial charge in [-0.05, 0) is 31.5 Å². The second kappa shape index (κ2) is 3.86. The lowest BCUT2D eigenvalue weighted by Gasteiger charge is -2.10. The van der Waals surface area contributed by atoms with Crippen molar-refractivity contribution >= 4 is 11.5 Å². The second-order valence-corrected chi connectivity index (χ2v) is 3.68. The fraction of sp³-hybridized carbons (Fsp3) is 0.400. The number of hydrogen-bond donors (Lipinski definition) is 2. The Morgan fingerprint density at radius 1 is 1.53 bits per heavy atom. The van der Waals surface area contributed by atoms with Gasteiger partial charge in [0.1, 0.15) is 12.1 Å². The van der Waals surface area contributed by atoms with Gasteiger partial charge in [0.05, 0.1) is 6.10 Å². The molecular formula is C10H14N4O. The summed E-state index contributed by atoms with van der Waals surface area (Å²) >= 11 is 0. The molecule has 80 valence electrons. The number of aliphatic hydroxyl groups excluding tert-OH is 1. The highest BCUT2D eigenvalue weighted by atomic mass is 16.3. The van der Waals surface area contributed by atoms with Crippen LogP contribution < -0.4 is 5.32 Å². The zero-order chi connectivity index (χ0) is 10.8. The second-order valence-electron chi connectivity index (χ2n) is 3.68. The quantitative estimate of drug-likeness (QED) is 0.780. The Kier molecular flexibility index (Phi) is 2.55. The maximum atomic E-state index is 9.20. The summed E-state index contributed by atoms with van der Waals surface area (Å²) in [5, 5.41) is 16.4. The third-order valence-electron chi connectivity index (χ3n) is 2.10. The molecule has 15 heavy (non-hydrogen) atoms. The van der Waals surface area contributed by atoms with Gasteiger partial charge in [0.15, 0.2) is 5.65 Å². The van der Waals surface area contributed by atoms with E-state index in [1.807, 2.05) is 19.1 Å². The van der Waals surface area contributed by atoms with Crippen LogP contribution in [0.1, 0.15) is 12.5 Å². The SMILES string of the molecule is Cc1cc(NCC(C)O)n2ncnc2c1. The number of nitrogens with one attached hydrogen (secondary N) is 1. The van der Waals surface area contributed by atoms with E-state index in [-0.39, 0.29) is 6.10 Å². The molecule has 2 rings (SSSR count). The summed E-state index contributed by atoms with van der Waals surface area (Å²) in [4.78, 5) is 4.12. The molecule has 0 saturated heterocycles. The Morgan fingerprint density at radius 2 is 2.33 bits per heavy atom. The number of fused-ring (bicyclic) bond motifs is 1. The molecule has 0 aromatic carbocycles. The van der Waals surface area contributed by atoms with Crippen LogP contribution >= 0.6 is 0 Å². The van der Waals surface area contributed by atoms with Gasteiger partial charge in [-0.15, -0.1) is 0 Å². The van der Waals surface area contributed by atoms with Crippen molar-refractivity contribution in [3.05, 3.63) is 24.0 Å². The molecule has 2 aromatic heterocycles. The molecule has 0 radical (unpaired) electrons. The molecule has 5 nitrogen and oxygen atoms in total. The number of aliphatic hydroxyl groups is 1. The van der Waals surface area contributed by atoms with Gasteiger partial charge in [-0.2, -0.15) is 9.61 Å². The number of pyridine rings is 1. The lowest BCUT2D eigenvalue weighted by molar-refractivity contribution is 0.208. The lowest BCUT2D eigenvalue weighted by atomic mass is 10.3. The van der Waals surface area contributed by atoms with E-state index in [9.17, 15) is 5.11 Å². The van der Waals surface area contributed by atoms with Gasteiger partial charge in [0.2, 0.25) is 0 Å². The molecule has 2 heterocycles. The molecule has 0 aliphatic heterocycles. The van der Waals surface area contributed by atoms with Gasteiger partial charge in [-0.3, -0.25) is 0 Å². The summed E-state index contributed by atoms with van der Waals surface area (Å²) in [7, 11) is 0. The maximum Gasteiger partial charge on any atom is 0.157 e. The van der Waals surface area contributed by atoms with Gasteiger partial charge >= 0.3 is 0 Å². The van der Waals surface area contributed by atoms with Gasteiger partial charge < -0.3 is 10.4 Å². The minimum Gasteiger partial charge on any atom is -0.392 e. The molecule has 1 unspecified atom stereocenters. The van der Waals surface area contributed by atoms with Crippen LogP contribution in [0.25, 0.3) is 5.65 Å². The summed E-state index contributed by atoms with van der Waals surface area (Å²) < 4.78 is 1.72. The molecular weight excluding hydrogens is 192 g/mol. The number of nitrogens with zero attached hydrogens (tertiary/aromatic N) is 3. The zero-order valence-corrected chi connectivity index (χ0v) is 8.81. The van der Waals surface area contributed by atoms with Gasteiger partial charge in [-0.1, -0.05) is 0 Å². The molecule has 0 spiro atoms. The van der Waals surface area contributed by atoms with E-state index in [1.54, 1.807) is 11.4 Å². The van der Waals surface area contributed by atoms with Crippen LogP contribution in [0.5, 0.6) is 0 Å². The van der Waals surface area contributed by atoms with Crippen LogP contribution in [0.2, 0.25) is 0 Å². The van der Waals surface area contributed by atoms with Gasteiger partial charge in [0, 0.05) is 6.54 Å². The number of anilines is 1. The molecule has 5 heteroatoms. The number of rotatable bonds is 3. The van der Waals surface area contributed by atoms with Crippen molar-refractivity contribution in [2.75, 3.05) is 11.9 Å². The van der Waals surface area contributed by atoms with E-state index < -0.39 is 0 Å². The van der Waals surface area contributed by atoms with Crippen LogP contribution in [0.3, 0.4) is 0 Å². The number of aromatic nitrogens is 3. The van der Waals surface area contributed by atoms with Crippen molar-refractivity contribution in [3.8, 4) is 0 Å². The number of hydrogen-bond acceptors (Lipinski definition) is 4. The monoisotopic (exact) mass is 206 g/mol. The third-order valence-corrected chi connectivity index (χ3v) is 2.10. The highest BCUT2D eigenvalue weighted by molar-refractivity contribution is 5.51. The summed E-state index contributed by atoms with van der Waals surface area (Å²) in [5.41, 5.74) is 1.92. The fourth-order valence-corrected chi connectivity index (χ4v) is 1.43. The van der Waals surface area contributed by atoms with Crippen molar-refractivity contribution in [2.45, 2.75) is 20.0 Å². The van der Waals surface area contributed by atoms with E-state index in [0.29, 0.717) is 6.54 Å². The molecule has 2 aromatic rings. The Hall–Kier alpha value is -1.62. The van der Waals surface area contributed by atoms with E-state index >= 15 is 0 Å². The topological polar surface area (TPSA) is 62.5 Å². The predicted octanol–water partition coefficient (Wildman–Crippen LogP) is 0.830. The molecule has 1 atom stereocenters. The molecule has 0 aliphatic carbocycles. The minimum absolute atomic E-state index is 0.385. The van der Waals surface area contributed by atoms with Crippen molar-refractivity contribution in [1.29, 1.82) is 0 Å². The highest BCUT2D eigenvalue weighted by Crippen LogP contribution is 2.12. The van der Waals surface area contributed by atoms with Gasteiger partial charge in [-0.25, -0.2) is 4.98 Å².